The number of rotatable bonds is 10. The maximum absolute atomic E-state index is 12.8. The van der Waals surface area contributed by atoms with Crippen LogP contribution >= 0.6 is 11.3 Å². The summed E-state index contributed by atoms with van der Waals surface area (Å²) in [5, 5.41) is 18.1. The van der Waals surface area contributed by atoms with Crippen molar-refractivity contribution in [3.8, 4) is 16.9 Å². The highest BCUT2D eigenvalue weighted by atomic mass is 32.1. The summed E-state index contributed by atoms with van der Waals surface area (Å²) in [5.41, 5.74) is 3.03. The third-order valence-electron chi connectivity index (χ3n) is 5.36. The Morgan fingerprint density at radius 2 is 1.63 bits per heavy atom. The highest BCUT2D eigenvalue weighted by molar-refractivity contribution is 7.10. The van der Waals surface area contributed by atoms with Crippen molar-refractivity contribution in [2.24, 2.45) is 0 Å². The van der Waals surface area contributed by atoms with Crippen molar-refractivity contribution in [1.82, 2.24) is 10.3 Å². The lowest BCUT2D eigenvalue weighted by atomic mass is 9.99. The molecule has 0 spiro atoms. The average Bonchev–Trinajstić information content (AvgIpc) is 3.34. The van der Waals surface area contributed by atoms with Crippen LogP contribution in [0.2, 0.25) is 0 Å². The van der Waals surface area contributed by atoms with Crippen molar-refractivity contribution >= 4 is 28.8 Å². The summed E-state index contributed by atoms with van der Waals surface area (Å²) in [4.78, 5) is 27.5. The van der Waals surface area contributed by atoms with E-state index in [0.717, 1.165) is 60.5 Å². The van der Waals surface area contributed by atoms with Crippen LogP contribution in [0.5, 0.6) is 5.75 Å². The van der Waals surface area contributed by atoms with E-state index in [1.54, 1.807) is 23.5 Å². The number of aromatic hydroxyl groups is 1. The Kier molecular flexibility index (Phi) is 12.0. The molecule has 3 aromatic rings. The van der Waals surface area contributed by atoms with Crippen molar-refractivity contribution in [1.29, 1.82) is 0 Å². The molecule has 0 aliphatic heterocycles. The van der Waals surface area contributed by atoms with Gasteiger partial charge in [-0.25, -0.2) is 4.98 Å². The minimum absolute atomic E-state index is 0.0573. The van der Waals surface area contributed by atoms with E-state index in [2.05, 4.69) is 29.5 Å². The normalized spacial score (nSPS) is 10.4. The van der Waals surface area contributed by atoms with E-state index in [-0.39, 0.29) is 17.6 Å². The molecule has 0 aliphatic rings. The number of hydrogen-bond acceptors (Lipinski definition) is 5. The lowest BCUT2D eigenvalue weighted by Crippen LogP contribution is -2.19. The number of hydrogen-bond donors (Lipinski definition) is 3. The topological polar surface area (TPSA) is 91.3 Å². The molecule has 0 radical (unpaired) electrons. The largest absolute Gasteiger partial charge is 0.508 e. The molecule has 3 rings (SSSR count). The standard InChI is InChI=1S/C23H26N2O2S.C5H11NO/c1-3-7-17(8-4-2)23-25-21(15-28-23)22(27)24-20-10-6-5-9-19(20)16-11-13-18(26)14-12-16;1-3-4-6-5(2)7/h5-6,9-15,17,26H,3-4,7-8H2,1-2H3,(H,24,27);3-4H2,1-2H3,(H,6,7). The first-order valence-electron chi connectivity index (χ1n) is 12.3. The van der Waals surface area contributed by atoms with Gasteiger partial charge in [-0.1, -0.05) is 63.9 Å². The predicted octanol–water partition coefficient (Wildman–Crippen LogP) is 6.98. The van der Waals surface area contributed by atoms with Crippen LogP contribution in [0.3, 0.4) is 0 Å². The molecule has 1 heterocycles. The second-order valence-electron chi connectivity index (χ2n) is 8.37. The number of benzene rings is 2. The second-order valence-corrected chi connectivity index (χ2v) is 9.26. The lowest BCUT2D eigenvalue weighted by molar-refractivity contribution is -0.118. The molecule has 2 aromatic carbocycles. The molecule has 2 amide bonds. The van der Waals surface area contributed by atoms with E-state index in [4.69, 9.17) is 0 Å². The first-order chi connectivity index (χ1) is 16.9. The Labute approximate surface area is 212 Å². The average molecular weight is 496 g/mol. The van der Waals surface area contributed by atoms with Gasteiger partial charge in [-0.3, -0.25) is 9.59 Å². The number of aromatic nitrogens is 1. The number of para-hydroxylation sites is 1. The molecule has 0 unspecified atom stereocenters. The Morgan fingerprint density at radius 3 is 2.20 bits per heavy atom. The van der Waals surface area contributed by atoms with Gasteiger partial charge in [0.05, 0.1) is 5.01 Å². The number of phenolic OH excluding ortho intramolecular Hbond substituents is 1. The predicted molar refractivity (Wildman–Crippen MR) is 145 cm³/mol. The van der Waals surface area contributed by atoms with E-state index in [1.165, 1.54) is 6.92 Å². The second kappa shape index (κ2) is 14.9. The summed E-state index contributed by atoms with van der Waals surface area (Å²) in [7, 11) is 0. The van der Waals surface area contributed by atoms with Crippen LogP contribution in [0.4, 0.5) is 5.69 Å². The molecule has 0 saturated heterocycles. The van der Waals surface area contributed by atoms with Gasteiger partial charge < -0.3 is 15.7 Å². The summed E-state index contributed by atoms with van der Waals surface area (Å²) in [6.07, 6.45) is 5.45. The van der Waals surface area contributed by atoms with Gasteiger partial charge in [0.25, 0.3) is 5.91 Å². The SMILES string of the molecule is CCCC(CCC)c1nc(C(=O)Nc2ccccc2-c2ccc(O)cc2)cs1.CCCNC(C)=O. The first-order valence-corrected chi connectivity index (χ1v) is 13.2. The zero-order valence-corrected chi connectivity index (χ0v) is 22.0. The number of amides is 2. The summed E-state index contributed by atoms with van der Waals surface area (Å²) < 4.78 is 0. The maximum Gasteiger partial charge on any atom is 0.275 e. The van der Waals surface area contributed by atoms with Gasteiger partial charge in [-0.2, -0.15) is 0 Å². The van der Waals surface area contributed by atoms with Gasteiger partial charge >= 0.3 is 0 Å². The van der Waals surface area contributed by atoms with Crippen LogP contribution < -0.4 is 10.6 Å². The molecule has 6 nitrogen and oxygen atoms in total. The number of nitrogens with one attached hydrogen (secondary N) is 2. The fraction of sp³-hybridized carbons (Fsp3) is 0.393. The molecule has 3 N–H and O–H groups in total. The smallest absolute Gasteiger partial charge is 0.275 e. The van der Waals surface area contributed by atoms with E-state index < -0.39 is 0 Å². The summed E-state index contributed by atoms with van der Waals surface area (Å²) in [6, 6.07) is 14.6. The summed E-state index contributed by atoms with van der Waals surface area (Å²) >= 11 is 1.58. The van der Waals surface area contributed by atoms with Crippen molar-refractivity contribution in [3.63, 3.8) is 0 Å². The zero-order valence-electron chi connectivity index (χ0n) is 21.1. The fourth-order valence-electron chi connectivity index (χ4n) is 3.64. The molecule has 35 heavy (non-hydrogen) atoms. The molecule has 0 fully saturated rings. The van der Waals surface area contributed by atoms with Crippen LogP contribution in [0.1, 0.15) is 81.2 Å². The molecule has 1 aromatic heterocycles. The van der Waals surface area contributed by atoms with Crippen molar-refractivity contribution in [2.45, 2.75) is 65.7 Å². The highest BCUT2D eigenvalue weighted by Gasteiger charge is 2.18. The molecule has 7 heteroatoms. The Hall–Kier alpha value is -3.19. The Balaban J connectivity index is 0.000000540. The minimum Gasteiger partial charge on any atom is -0.508 e. The minimum atomic E-state index is -0.194. The van der Waals surface area contributed by atoms with E-state index in [9.17, 15) is 14.7 Å². The third-order valence-corrected chi connectivity index (χ3v) is 6.36. The van der Waals surface area contributed by atoms with Crippen LogP contribution in [0, 0.1) is 0 Å². The molecule has 0 saturated carbocycles. The number of phenols is 1. The van der Waals surface area contributed by atoms with E-state index in [0.29, 0.717) is 11.6 Å². The molecular weight excluding hydrogens is 458 g/mol. The van der Waals surface area contributed by atoms with E-state index >= 15 is 0 Å². The summed E-state index contributed by atoms with van der Waals surface area (Å²) in [6.45, 7) is 8.72. The van der Waals surface area contributed by atoms with Crippen molar-refractivity contribution in [3.05, 3.63) is 64.6 Å². The van der Waals surface area contributed by atoms with E-state index in [1.807, 2.05) is 48.7 Å². The number of carbonyl (C=O) groups is 2. The molecule has 0 aliphatic carbocycles. The quantitative estimate of drug-likeness (QED) is 0.283. The van der Waals surface area contributed by atoms with Gasteiger partial charge in [0.15, 0.2) is 0 Å². The lowest BCUT2D eigenvalue weighted by Gasteiger charge is -2.12. The fourth-order valence-corrected chi connectivity index (χ4v) is 4.61. The molecule has 0 bridgehead atoms. The Morgan fingerprint density at radius 1 is 0.971 bits per heavy atom. The van der Waals surface area contributed by atoms with Gasteiger partial charge in [-0.15, -0.1) is 11.3 Å². The maximum atomic E-state index is 12.8. The van der Waals surface area contributed by atoms with Crippen LogP contribution in [-0.4, -0.2) is 28.4 Å². The van der Waals surface area contributed by atoms with Crippen molar-refractivity contribution in [2.75, 3.05) is 11.9 Å². The van der Waals surface area contributed by atoms with Crippen LogP contribution in [0.25, 0.3) is 11.1 Å². The van der Waals surface area contributed by atoms with Gasteiger partial charge in [0.2, 0.25) is 5.91 Å². The first kappa shape index (κ1) is 28.1. The van der Waals surface area contributed by atoms with Crippen LogP contribution in [-0.2, 0) is 4.79 Å². The number of nitrogens with zero attached hydrogens (tertiary/aromatic N) is 1. The number of carbonyl (C=O) groups excluding carboxylic acids is 2. The molecule has 0 atom stereocenters. The van der Waals surface area contributed by atoms with Gasteiger partial charge in [-0.05, 0) is 43.0 Å². The van der Waals surface area contributed by atoms with Gasteiger partial charge in [0.1, 0.15) is 11.4 Å². The zero-order chi connectivity index (χ0) is 25.6. The molecule has 188 valence electrons. The monoisotopic (exact) mass is 495 g/mol. The highest BCUT2D eigenvalue weighted by Crippen LogP contribution is 2.31. The third kappa shape index (κ3) is 9.17. The van der Waals surface area contributed by atoms with Gasteiger partial charge in [0, 0.05) is 36.0 Å². The summed E-state index contributed by atoms with van der Waals surface area (Å²) in [5.74, 6) is 0.516. The molecular formula is C28H37N3O3S. The number of thiazole rings is 1. The number of anilines is 1. The Bertz CT molecular complexity index is 1060. The van der Waals surface area contributed by atoms with Crippen LogP contribution in [0.15, 0.2) is 53.9 Å². The van der Waals surface area contributed by atoms with Crippen molar-refractivity contribution < 1.29 is 14.7 Å².